The van der Waals surface area contributed by atoms with E-state index in [1.54, 1.807) is 0 Å². The van der Waals surface area contributed by atoms with Crippen LogP contribution >= 0.6 is 11.6 Å². The molecule has 5 N–H and O–H groups in total. The molecule has 3 aliphatic rings. The van der Waals surface area contributed by atoms with Gasteiger partial charge in [-0.1, -0.05) is 11.6 Å². The van der Waals surface area contributed by atoms with E-state index in [9.17, 15) is 18.8 Å². The maximum atomic E-state index is 12.9. The molecular weight excluding hydrogens is 315 g/mol. The molecule has 7 nitrogen and oxygen atoms in total. The molecular formula is C13H20ClFN4O3. The molecule has 0 aromatic heterocycles. The van der Waals surface area contributed by atoms with Crippen molar-refractivity contribution in [3.8, 4) is 0 Å². The van der Waals surface area contributed by atoms with Crippen LogP contribution in [0.2, 0.25) is 0 Å². The number of halogens is 2. The molecule has 124 valence electrons. The number of carbonyl (C=O) groups is 3. The molecule has 0 saturated heterocycles. The van der Waals surface area contributed by atoms with Crippen LogP contribution in [0.1, 0.15) is 32.1 Å². The highest BCUT2D eigenvalue weighted by molar-refractivity contribution is 6.29. The van der Waals surface area contributed by atoms with Crippen molar-refractivity contribution in [2.45, 2.75) is 43.8 Å². The zero-order valence-electron chi connectivity index (χ0n) is 12.1. The number of nitrogens with zero attached hydrogens (tertiary/aromatic N) is 1. The first-order valence-electron chi connectivity index (χ1n) is 7.16. The van der Waals surface area contributed by atoms with E-state index in [1.165, 1.54) is 0 Å². The lowest BCUT2D eigenvalue weighted by Crippen LogP contribution is -2.59. The van der Waals surface area contributed by atoms with Crippen LogP contribution in [-0.2, 0) is 14.4 Å². The smallest absolute Gasteiger partial charge is 0.291 e. The van der Waals surface area contributed by atoms with Gasteiger partial charge in [0.25, 0.3) is 17.4 Å². The molecule has 0 heterocycles. The van der Waals surface area contributed by atoms with E-state index in [1.807, 2.05) is 0 Å². The Hall–Kier alpha value is -1.41. The molecule has 1 unspecified atom stereocenters. The third-order valence-electron chi connectivity index (χ3n) is 4.43. The van der Waals surface area contributed by atoms with Gasteiger partial charge in [0.05, 0.1) is 12.6 Å². The van der Waals surface area contributed by atoms with Gasteiger partial charge in [0.1, 0.15) is 0 Å². The minimum Gasteiger partial charge on any atom is -0.370 e. The Kier molecular flexibility index (Phi) is 4.91. The van der Waals surface area contributed by atoms with Crippen LogP contribution in [0.15, 0.2) is 0 Å². The van der Waals surface area contributed by atoms with Gasteiger partial charge >= 0.3 is 0 Å². The van der Waals surface area contributed by atoms with Crippen LogP contribution in [0.3, 0.4) is 0 Å². The Bertz CT molecular complexity index is 471. The van der Waals surface area contributed by atoms with Crippen molar-refractivity contribution >= 4 is 29.3 Å². The molecule has 3 aliphatic carbocycles. The van der Waals surface area contributed by atoms with Crippen molar-refractivity contribution in [2.75, 3.05) is 6.54 Å². The fourth-order valence-corrected chi connectivity index (χ4v) is 3.36. The Morgan fingerprint density at radius 2 is 1.95 bits per heavy atom. The SMILES string of the molecule is NC(=O)CCN(NC(=O)[C@@H](N)CC12CC(C1)C2)C(=O)C(F)Cl. The number of hydrogen-bond acceptors (Lipinski definition) is 4. The fraction of sp³-hybridized carbons (Fsp3) is 0.769. The van der Waals surface area contributed by atoms with Crippen LogP contribution in [0.25, 0.3) is 0 Å². The molecule has 0 aromatic rings. The standard InChI is InChI=1S/C13H20ClFN4O3/c14-10(15)12(22)19(2-1-9(17)20)18-11(21)8(16)6-13-3-7(4-13)5-13/h7-8,10H,1-6,16H2,(H2,17,20)(H,18,21)/t7?,8-,10?,13?/m0/s1. The van der Waals surface area contributed by atoms with Crippen molar-refractivity contribution in [1.82, 2.24) is 10.4 Å². The normalized spacial score (nSPS) is 27.9. The summed E-state index contributed by atoms with van der Waals surface area (Å²) in [7, 11) is 0. The molecule has 0 radical (unpaired) electrons. The van der Waals surface area contributed by atoms with E-state index in [4.69, 9.17) is 23.1 Å². The molecule has 9 heteroatoms. The Morgan fingerprint density at radius 3 is 2.36 bits per heavy atom. The number of hydrazine groups is 1. The van der Waals surface area contributed by atoms with E-state index in [0.717, 1.165) is 25.2 Å². The summed E-state index contributed by atoms with van der Waals surface area (Å²) in [6, 6.07) is -0.793. The summed E-state index contributed by atoms with van der Waals surface area (Å²) >= 11 is 5.09. The lowest BCUT2D eigenvalue weighted by molar-refractivity contribution is -0.147. The minimum absolute atomic E-state index is 0.165. The minimum atomic E-state index is -2.32. The van der Waals surface area contributed by atoms with Crippen molar-refractivity contribution in [2.24, 2.45) is 22.8 Å². The number of rotatable bonds is 7. The van der Waals surface area contributed by atoms with Crippen molar-refractivity contribution in [1.29, 1.82) is 0 Å². The van der Waals surface area contributed by atoms with Crippen LogP contribution in [0.4, 0.5) is 4.39 Å². The number of hydrogen-bond donors (Lipinski definition) is 3. The van der Waals surface area contributed by atoms with Gasteiger partial charge in [0.15, 0.2) is 0 Å². The maximum absolute atomic E-state index is 12.9. The van der Waals surface area contributed by atoms with Gasteiger partial charge in [0.2, 0.25) is 5.91 Å². The average Bonchev–Trinajstić information content (AvgIpc) is 2.35. The highest BCUT2D eigenvalue weighted by atomic mass is 35.5. The Labute approximate surface area is 132 Å². The first-order valence-corrected chi connectivity index (χ1v) is 7.60. The molecule has 0 spiro atoms. The zero-order chi connectivity index (χ0) is 16.5. The summed E-state index contributed by atoms with van der Waals surface area (Å²) in [6.45, 7) is -0.257. The van der Waals surface area contributed by atoms with Gasteiger partial charge in [-0.15, -0.1) is 0 Å². The summed E-state index contributed by atoms with van der Waals surface area (Å²) in [5.74, 6) is -1.67. The van der Waals surface area contributed by atoms with Crippen LogP contribution in [0, 0.1) is 11.3 Å². The molecule has 2 atom stereocenters. The summed E-state index contributed by atoms with van der Waals surface area (Å²) < 4.78 is 12.9. The van der Waals surface area contributed by atoms with E-state index in [2.05, 4.69) is 5.43 Å². The largest absolute Gasteiger partial charge is 0.370 e. The summed E-state index contributed by atoms with van der Waals surface area (Å²) in [4.78, 5) is 34.4. The molecule has 3 saturated carbocycles. The van der Waals surface area contributed by atoms with E-state index < -0.39 is 29.4 Å². The van der Waals surface area contributed by atoms with Gasteiger partial charge in [-0.25, -0.2) is 9.40 Å². The highest BCUT2D eigenvalue weighted by Crippen LogP contribution is 2.66. The van der Waals surface area contributed by atoms with E-state index in [0.29, 0.717) is 11.4 Å². The molecule has 3 rings (SSSR count). The quantitative estimate of drug-likeness (QED) is 0.440. The second kappa shape index (κ2) is 6.37. The van der Waals surface area contributed by atoms with Gasteiger partial charge in [-0.05, 0) is 37.0 Å². The molecule has 0 aromatic carbocycles. The van der Waals surface area contributed by atoms with Gasteiger partial charge in [-0.2, -0.15) is 0 Å². The zero-order valence-corrected chi connectivity index (χ0v) is 12.8. The molecule has 0 aliphatic heterocycles. The predicted octanol–water partition coefficient (Wildman–Crippen LogP) is -0.226. The van der Waals surface area contributed by atoms with Gasteiger partial charge in [0, 0.05) is 6.42 Å². The first kappa shape index (κ1) is 17.0. The number of carbonyl (C=O) groups excluding carboxylic acids is 3. The highest BCUT2D eigenvalue weighted by Gasteiger charge is 2.56. The third-order valence-corrected chi connectivity index (χ3v) is 4.62. The fourth-order valence-electron chi connectivity index (χ4n) is 3.24. The lowest BCUT2D eigenvalue weighted by Gasteiger charge is -2.62. The molecule has 22 heavy (non-hydrogen) atoms. The van der Waals surface area contributed by atoms with Crippen LogP contribution in [-0.4, -0.2) is 40.9 Å². The third kappa shape index (κ3) is 3.67. The number of primary amides is 1. The lowest BCUT2D eigenvalue weighted by atomic mass is 9.43. The summed E-state index contributed by atoms with van der Waals surface area (Å²) in [6.07, 6.45) is 3.58. The Balaban J connectivity index is 1.87. The first-order chi connectivity index (χ1) is 10.2. The van der Waals surface area contributed by atoms with Crippen LogP contribution < -0.4 is 16.9 Å². The molecule has 3 fully saturated rings. The molecule has 2 bridgehead atoms. The van der Waals surface area contributed by atoms with Crippen molar-refractivity contribution in [3.63, 3.8) is 0 Å². The Morgan fingerprint density at radius 1 is 1.36 bits per heavy atom. The molecule has 3 amide bonds. The number of nitrogens with two attached hydrogens (primary N) is 2. The van der Waals surface area contributed by atoms with Crippen molar-refractivity contribution in [3.05, 3.63) is 0 Å². The number of alkyl halides is 2. The summed E-state index contributed by atoms with van der Waals surface area (Å²) in [5.41, 5.74) is 10.9. The second-order valence-corrected chi connectivity index (χ2v) is 6.66. The van der Waals surface area contributed by atoms with Gasteiger partial charge in [-0.3, -0.25) is 19.8 Å². The average molecular weight is 335 g/mol. The second-order valence-electron chi connectivity index (χ2n) is 6.27. The predicted molar refractivity (Wildman–Crippen MR) is 76.8 cm³/mol. The summed E-state index contributed by atoms with van der Waals surface area (Å²) in [5, 5.41) is 0.659. The van der Waals surface area contributed by atoms with Gasteiger partial charge < -0.3 is 11.5 Å². The number of nitrogens with one attached hydrogen (secondary N) is 1. The maximum Gasteiger partial charge on any atom is 0.291 e. The monoisotopic (exact) mass is 334 g/mol. The van der Waals surface area contributed by atoms with Crippen LogP contribution in [0.5, 0.6) is 0 Å². The van der Waals surface area contributed by atoms with E-state index >= 15 is 0 Å². The van der Waals surface area contributed by atoms with E-state index in [-0.39, 0.29) is 18.4 Å². The number of amides is 3. The van der Waals surface area contributed by atoms with Crippen molar-refractivity contribution < 1.29 is 18.8 Å². The topological polar surface area (TPSA) is 119 Å².